The van der Waals surface area contributed by atoms with Crippen molar-refractivity contribution in [3.63, 3.8) is 0 Å². The van der Waals surface area contributed by atoms with E-state index in [0.29, 0.717) is 23.6 Å². The third kappa shape index (κ3) is 3.43. The summed E-state index contributed by atoms with van der Waals surface area (Å²) in [6.07, 6.45) is 5.59. The van der Waals surface area contributed by atoms with Crippen LogP contribution in [0.15, 0.2) is 12.1 Å². The van der Waals surface area contributed by atoms with E-state index in [1.165, 1.54) is 12.1 Å². The molecule has 0 bridgehead atoms. The SMILES string of the molecule is C#CCCOCc1cc(N)c(F)cc1Cl. The second-order valence-electron chi connectivity index (χ2n) is 2.97. The summed E-state index contributed by atoms with van der Waals surface area (Å²) in [5.41, 5.74) is 6.12. The van der Waals surface area contributed by atoms with Gasteiger partial charge in [-0.15, -0.1) is 12.3 Å². The van der Waals surface area contributed by atoms with Gasteiger partial charge in [0.2, 0.25) is 0 Å². The number of rotatable bonds is 4. The third-order valence-corrected chi connectivity index (χ3v) is 2.17. The Hall–Kier alpha value is -1.24. The van der Waals surface area contributed by atoms with Gasteiger partial charge in [-0.05, 0) is 17.7 Å². The van der Waals surface area contributed by atoms with E-state index in [0.717, 1.165) is 0 Å². The summed E-state index contributed by atoms with van der Waals surface area (Å²) >= 11 is 5.80. The summed E-state index contributed by atoms with van der Waals surface area (Å²) in [7, 11) is 0. The van der Waals surface area contributed by atoms with Gasteiger partial charge in [-0.2, -0.15) is 0 Å². The molecule has 4 heteroatoms. The monoisotopic (exact) mass is 227 g/mol. The van der Waals surface area contributed by atoms with Gasteiger partial charge in [0, 0.05) is 11.4 Å². The number of nitrogens with two attached hydrogens (primary N) is 1. The third-order valence-electron chi connectivity index (χ3n) is 1.81. The van der Waals surface area contributed by atoms with Gasteiger partial charge in [0.05, 0.1) is 18.9 Å². The van der Waals surface area contributed by atoms with Gasteiger partial charge < -0.3 is 10.5 Å². The first kappa shape index (κ1) is 11.8. The molecule has 0 fully saturated rings. The molecule has 0 aromatic heterocycles. The van der Waals surface area contributed by atoms with E-state index in [4.69, 9.17) is 28.5 Å². The van der Waals surface area contributed by atoms with Crippen LogP contribution in [0.2, 0.25) is 5.02 Å². The van der Waals surface area contributed by atoms with Crippen molar-refractivity contribution in [2.75, 3.05) is 12.3 Å². The Morgan fingerprint density at radius 1 is 1.53 bits per heavy atom. The van der Waals surface area contributed by atoms with Crippen molar-refractivity contribution < 1.29 is 9.13 Å². The summed E-state index contributed by atoms with van der Waals surface area (Å²) in [6, 6.07) is 2.64. The minimum absolute atomic E-state index is 0.0648. The largest absolute Gasteiger partial charge is 0.396 e. The molecule has 0 saturated heterocycles. The zero-order valence-electron chi connectivity index (χ0n) is 8.09. The molecule has 2 nitrogen and oxygen atoms in total. The minimum Gasteiger partial charge on any atom is -0.396 e. The summed E-state index contributed by atoms with van der Waals surface area (Å²) in [5.74, 6) is 1.93. The van der Waals surface area contributed by atoms with Crippen molar-refractivity contribution in [2.24, 2.45) is 0 Å². The Kier molecular flexibility index (Phi) is 4.41. The lowest BCUT2D eigenvalue weighted by Gasteiger charge is -2.06. The maximum absolute atomic E-state index is 12.9. The van der Waals surface area contributed by atoms with Crippen LogP contribution in [0, 0.1) is 18.2 Å². The van der Waals surface area contributed by atoms with Crippen LogP contribution < -0.4 is 5.73 Å². The van der Waals surface area contributed by atoms with Gasteiger partial charge >= 0.3 is 0 Å². The van der Waals surface area contributed by atoms with Crippen LogP contribution in [0.3, 0.4) is 0 Å². The average molecular weight is 228 g/mol. The van der Waals surface area contributed by atoms with Gasteiger partial charge in [-0.3, -0.25) is 0 Å². The predicted octanol–water partition coefficient (Wildman–Crippen LogP) is 2.60. The number of hydrogen-bond acceptors (Lipinski definition) is 2. The zero-order chi connectivity index (χ0) is 11.3. The summed E-state index contributed by atoms with van der Waals surface area (Å²) in [6.45, 7) is 0.731. The Bertz CT molecular complexity index is 387. The quantitative estimate of drug-likeness (QED) is 0.488. The Morgan fingerprint density at radius 2 is 2.27 bits per heavy atom. The van der Waals surface area contributed by atoms with E-state index in [2.05, 4.69) is 5.92 Å². The molecule has 1 aromatic rings. The molecule has 0 unspecified atom stereocenters. The van der Waals surface area contributed by atoms with Gasteiger partial charge in [0.25, 0.3) is 0 Å². The first-order valence-corrected chi connectivity index (χ1v) is 4.77. The molecule has 1 rings (SSSR count). The first-order chi connectivity index (χ1) is 7.15. The molecule has 0 spiro atoms. The summed E-state index contributed by atoms with van der Waals surface area (Å²) in [5, 5.41) is 0.308. The molecule has 0 aliphatic carbocycles. The zero-order valence-corrected chi connectivity index (χ0v) is 8.85. The van der Waals surface area contributed by atoms with Gasteiger partial charge in [-0.25, -0.2) is 4.39 Å². The van der Waals surface area contributed by atoms with Crippen LogP contribution in [0.25, 0.3) is 0 Å². The first-order valence-electron chi connectivity index (χ1n) is 4.39. The lowest BCUT2D eigenvalue weighted by atomic mass is 10.2. The number of hydrogen-bond donors (Lipinski definition) is 1. The number of terminal acetylenes is 1. The molecule has 0 aliphatic rings. The minimum atomic E-state index is -0.521. The number of benzene rings is 1. The molecule has 0 amide bonds. The van der Waals surface area contributed by atoms with Crippen LogP contribution in [0.4, 0.5) is 10.1 Å². The van der Waals surface area contributed by atoms with Crippen LogP contribution in [-0.2, 0) is 11.3 Å². The molecule has 2 N–H and O–H groups in total. The molecule has 0 radical (unpaired) electrons. The average Bonchev–Trinajstić information content (AvgIpc) is 2.20. The predicted molar refractivity (Wildman–Crippen MR) is 58.9 cm³/mol. The van der Waals surface area contributed by atoms with E-state index in [9.17, 15) is 4.39 Å². The van der Waals surface area contributed by atoms with E-state index in [-0.39, 0.29) is 12.3 Å². The molecule has 0 heterocycles. The smallest absolute Gasteiger partial charge is 0.147 e. The second kappa shape index (κ2) is 5.59. The number of ether oxygens (including phenoxy) is 1. The van der Waals surface area contributed by atoms with Crippen molar-refractivity contribution in [1.82, 2.24) is 0 Å². The van der Waals surface area contributed by atoms with Crippen LogP contribution >= 0.6 is 11.6 Å². The maximum Gasteiger partial charge on any atom is 0.147 e. The van der Waals surface area contributed by atoms with Gasteiger partial charge in [-0.1, -0.05) is 11.6 Å². The highest BCUT2D eigenvalue weighted by molar-refractivity contribution is 6.31. The Morgan fingerprint density at radius 3 is 2.93 bits per heavy atom. The number of halogens is 2. The fraction of sp³-hybridized carbons (Fsp3) is 0.273. The van der Waals surface area contributed by atoms with Crippen molar-refractivity contribution >= 4 is 17.3 Å². The van der Waals surface area contributed by atoms with Crippen molar-refractivity contribution in [3.05, 3.63) is 28.5 Å². The summed E-state index contributed by atoms with van der Waals surface area (Å²) < 4.78 is 18.2. The van der Waals surface area contributed by atoms with Crippen molar-refractivity contribution in [2.45, 2.75) is 13.0 Å². The highest BCUT2D eigenvalue weighted by Crippen LogP contribution is 2.22. The second-order valence-corrected chi connectivity index (χ2v) is 3.38. The highest BCUT2D eigenvalue weighted by Gasteiger charge is 2.06. The molecule has 1 aromatic carbocycles. The highest BCUT2D eigenvalue weighted by atomic mass is 35.5. The molecular weight excluding hydrogens is 217 g/mol. The number of nitrogen functional groups attached to an aromatic ring is 1. The molecule has 15 heavy (non-hydrogen) atoms. The molecule has 0 aliphatic heterocycles. The van der Waals surface area contributed by atoms with E-state index in [1.807, 2.05) is 0 Å². The van der Waals surface area contributed by atoms with Crippen molar-refractivity contribution in [3.8, 4) is 12.3 Å². The van der Waals surface area contributed by atoms with Crippen LogP contribution in [0.1, 0.15) is 12.0 Å². The molecule has 0 atom stereocenters. The fourth-order valence-electron chi connectivity index (χ4n) is 1.04. The van der Waals surface area contributed by atoms with Crippen LogP contribution in [0.5, 0.6) is 0 Å². The molecule has 0 saturated carbocycles. The Balaban J connectivity index is 2.62. The lowest BCUT2D eigenvalue weighted by molar-refractivity contribution is 0.126. The standard InChI is InChI=1S/C11H11ClFNO/c1-2-3-4-15-7-8-5-11(14)10(13)6-9(8)12/h1,5-6H,3-4,7,14H2. The topological polar surface area (TPSA) is 35.2 Å². The number of anilines is 1. The fourth-order valence-corrected chi connectivity index (χ4v) is 1.24. The maximum atomic E-state index is 12.9. The van der Waals surface area contributed by atoms with Crippen molar-refractivity contribution in [1.29, 1.82) is 0 Å². The summed E-state index contributed by atoms with van der Waals surface area (Å²) in [4.78, 5) is 0. The Labute approximate surface area is 93.2 Å². The van der Waals surface area contributed by atoms with E-state index in [1.54, 1.807) is 0 Å². The van der Waals surface area contributed by atoms with Gasteiger partial charge in [0.1, 0.15) is 5.82 Å². The van der Waals surface area contributed by atoms with Gasteiger partial charge in [0.15, 0.2) is 0 Å². The normalized spacial score (nSPS) is 9.93. The molecular formula is C11H11ClFNO. The lowest BCUT2D eigenvalue weighted by Crippen LogP contribution is -1.98. The van der Waals surface area contributed by atoms with Crippen LogP contribution in [-0.4, -0.2) is 6.61 Å². The van der Waals surface area contributed by atoms with E-state index < -0.39 is 5.82 Å². The molecule has 80 valence electrons. The van der Waals surface area contributed by atoms with E-state index >= 15 is 0 Å².